The molecule has 0 aromatic heterocycles. The largest absolute Gasteiger partial charge is 0.481 e. The minimum absolute atomic E-state index is 0.481. The highest BCUT2D eigenvalue weighted by Crippen LogP contribution is 2.00. The fraction of sp³-hybridized carbons (Fsp3) is 0.500. The van der Waals surface area contributed by atoms with Crippen LogP contribution in [0.15, 0.2) is 0 Å². The Morgan fingerprint density at radius 2 is 0.917 bits per heavy atom. The van der Waals surface area contributed by atoms with Crippen LogP contribution < -0.4 is 10.6 Å². The molecule has 0 spiro atoms. The van der Waals surface area contributed by atoms with Gasteiger partial charge >= 0.3 is 35.7 Å². The van der Waals surface area contributed by atoms with Gasteiger partial charge in [-0.3, -0.25) is 19.2 Å². The quantitative estimate of drug-likeness (QED) is 0.236. The van der Waals surface area contributed by atoms with E-state index in [0.29, 0.717) is 0 Å². The number of carbonyl (C=O) groups excluding carboxylic acids is 2. The Labute approximate surface area is 134 Å². The molecule has 6 N–H and O–H groups in total. The van der Waals surface area contributed by atoms with Gasteiger partial charge in [-0.1, -0.05) is 0 Å². The van der Waals surface area contributed by atoms with Crippen molar-refractivity contribution in [1.29, 1.82) is 0 Å². The van der Waals surface area contributed by atoms with Crippen molar-refractivity contribution in [1.82, 2.24) is 10.6 Å². The van der Waals surface area contributed by atoms with Crippen LogP contribution in [0.3, 0.4) is 0 Å². The number of amides is 2. The predicted molar refractivity (Wildman–Crippen MR) is 72.9 cm³/mol. The van der Waals surface area contributed by atoms with E-state index in [1.807, 2.05) is 0 Å². The molecule has 0 bridgehead atoms. The summed E-state index contributed by atoms with van der Waals surface area (Å²) >= 11 is 0. The summed E-state index contributed by atoms with van der Waals surface area (Å²) in [5.74, 6) is -8.71. The van der Waals surface area contributed by atoms with Gasteiger partial charge in [0.1, 0.15) is 12.1 Å². The van der Waals surface area contributed by atoms with E-state index in [4.69, 9.17) is 20.4 Å². The molecule has 134 valence electrons. The molecule has 0 rings (SSSR count). The van der Waals surface area contributed by atoms with Gasteiger partial charge in [0.25, 0.3) is 0 Å². The Morgan fingerprint density at radius 3 is 1.12 bits per heavy atom. The summed E-state index contributed by atoms with van der Waals surface area (Å²) in [4.78, 5) is 65.7. The van der Waals surface area contributed by atoms with Crippen LogP contribution in [0.4, 0.5) is 0 Å². The number of carboxylic acid groups (broad SMARTS) is 4. The summed E-state index contributed by atoms with van der Waals surface area (Å²) in [6.07, 6.45) is -2.11. The number of hydrogen-bond acceptors (Lipinski definition) is 6. The van der Waals surface area contributed by atoms with E-state index in [9.17, 15) is 28.8 Å². The molecule has 0 aromatic rings. The maximum absolute atomic E-state index is 11.6. The Bertz CT molecular complexity index is 496. The predicted octanol–water partition coefficient (Wildman–Crippen LogP) is -2.15. The second-order valence-corrected chi connectivity index (χ2v) is 4.59. The van der Waals surface area contributed by atoms with Gasteiger partial charge in [-0.2, -0.15) is 0 Å². The lowest BCUT2D eigenvalue weighted by Crippen LogP contribution is -2.51. The van der Waals surface area contributed by atoms with Gasteiger partial charge in [-0.05, 0) is 12.8 Å². The molecular formula is C12H16N2O10. The van der Waals surface area contributed by atoms with E-state index in [2.05, 4.69) is 0 Å². The van der Waals surface area contributed by atoms with Crippen molar-refractivity contribution in [2.75, 3.05) is 0 Å². The van der Waals surface area contributed by atoms with Crippen molar-refractivity contribution < 1.29 is 49.2 Å². The molecule has 0 radical (unpaired) electrons. The molecule has 0 saturated heterocycles. The fourth-order valence-corrected chi connectivity index (χ4v) is 1.50. The SMILES string of the molecule is O=C(O)CCC(NC(=O)C(=O)NC(CCC(=O)O)C(=O)O)C(=O)O. The molecule has 2 unspecified atom stereocenters. The van der Waals surface area contributed by atoms with E-state index < -0.39 is 73.5 Å². The van der Waals surface area contributed by atoms with E-state index in [-0.39, 0.29) is 0 Å². The first-order valence-corrected chi connectivity index (χ1v) is 6.55. The van der Waals surface area contributed by atoms with Crippen LogP contribution in [0.1, 0.15) is 25.7 Å². The van der Waals surface area contributed by atoms with Crippen LogP contribution in [-0.2, 0) is 28.8 Å². The molecule has 24 heavy (non-hydrogen) atoms. The topological polar surface area (TPSA) is 207 Å². The van der Waals surface area contributed by atoms with Crippen molar-refractivity contribution >= 4 is 35.7 Å². The number of carboxylic acids is 4. The number of rotatable bonds is 10. The van der Waals surface area contributed by atoms with Crippen LogP contribution in [0.25, 0.3) is 0 Å². The molecule has 2 amide bonds. The number of aliphatic carboxylic acids is 4. The average molecular weight is 348 g/mol. The smallest absolute Gasteiger partial charge is 0.326 e. The zero-order valence-corrected chi connectivity index (χ0v) is 12.2. The summed E-state index contributed by atoms with van der Waals surface area (Å²) in [6, 6.07) is -3.30. The molecule has 0 saturated carbocycles. The Morgan fingerprint density at radius 1 is 0.625 bits per heavy atom. The number of carbonyl (C=O) groups is 6. The van der Waals surface area contributed by atoms with Gasteiger partial charge in [0.2, 0.25) is 0 Å². The van der Waals surface area contributed by atoms with Crippen LogP contribution in [0.5, 0.6) is 0 Å². The third-order valence-electron chi connectivity index (χ3n) is 2.71. The lowest BCUT2D eigenvalue weighted by atomic mass is 10.1. The van der Waals surface area contributed by atoms with Gasteiger partial charge in [-0.15, -0.1) is 0 Å². The summed E-state index contributed by atoms with van der Waals surface area (Å²) in [5, 5.41) is 38.1. The molecule has 0 fully saturated rings. The minimum Gasteiger partial charge on any atom is -0.481 e. The lowest BCUT2D eigenvalue weighted by Gasteiger charge is -2.16. The maximum atomic E-state index is 11.6. The van der Waals surface area contributed by atoms with E-state index in [0.717, 1.165) is 0 Å². The first kappa shape index (κ1) is 20.8. The van der Waals surface area contributed by atoms with Crippen molar-refractivity contribution in [2.45, 2.75) is 37.8 Å². The van der Waals surface area contributed by atoms with Crippen molar-refractivity contribution in [3.05, 3.63) is 0 Å². The highest BCUT2D eigenvalue weighted by Gasteiger charge is 2.28. The third-order valence-corrected chi connectivity index (χ3v) is 2.71. The Balaban J connectivity index is 4.72. The normalized spacial score (nSPS) is 12.5. The molecule has 0 aromatic carbocycles. The summed E-state index contributed by atoms with van der Waals surface area (Å²) in [5.41, 5.74) is 0. The monoisotopic (exact) mass is 348 g/mol. The molecule has 0 heterocycles. The number of nitrogens with one attached hydrogen (secondary N) is 2. The van der Waals surface area contributed by atoms with Crippen LogP contribution in [0.2, 0.25) is 0 Å². The first-order chi connectivity index (χ1) is 11.0. The van der Waals surface area contributed by atoms with Crippen LogP contribution >= 0.6 is 0 Å². The zero-order chi connectivity index (χ0) is 18.9. The molecule has 2 atom stereocenters. The summed E-state index contributed by atoms with van der Waals surface area (Å²) in [7, 11) is 0. The van der Waals surface area contributed by atoms with Crippen LogP contribution in [-0.4, -0.2) is 68.2 Å². The zero-order valence-electron chi connectivity index (χ0n) is 12.2. The van der Waals surface area contributed by atoms with Crippen molar-refractivity contribution in [3.8, 4) is 0 Å². The van der Waals surface area contributed by atoms with E-state index >= 15 is 0 Å². The average Bonchev–Trinajstić information content (AvgIpc) is 2.45. The lowest BCUT2D eigenvalue weighted by molar-refractivity contribution is -0.148. The second-order valence-electron chi connectivity index (χ2n) is 4.59. The minimum atomic E-state index is -1.65. The summed E-state index contributed by atoms with van der Waals surface area (Å²) in [6.45, 7) is 0. The van der Waals surface area contributed by atoms with E-state index in [1.54, 1.807) is 10.6 Å². The van der Waals surface area contributed by atoms with Crippen LogP contribution in [0, 0.1) is 0 Å². The van der Waals surface area contributed by atoms with E-state index in [1.165, 1.54) is 0 Å². The molecule has 12 nitrogen and oxygen atoms in total. The molecule has 0 aliphatic carbocycles. The fourth-order valence-electron chi connectivity index (χ4n) is 1.50. The Hall–Kier alpha value is -3.18. The number of hydrogen-bond donors (Lipinski definition) is 6. The Kier molecular flexibility index (Phi) is 8.47. The summed E-state index contributed by atoms with van der Waals surface area (Å²) < 4.78 is 0. The van der Waals surface area contributed by atoms with Gasteiger partial charge < -0.3 is 31.1 Å². The highest BCUT2D eigenvalue weighted by atomic mass is 16.4. The molecule has 0 aliphatic heterocycles. The van der Waals surface area contributed by atoms with Gasteiger partial charge in [0, 0.05) is 12.8 Å². The van der Waals surface area contributed by atoms with Crippen molar-refractivity contribution in [2.24, 2.45) is 0 Å². The third kappa shape index (κ3) is 8.31. The second kappa shape index (κ2) is 9.76. The molecule has 12 heteroatoms. The first-order valence-electron chi connectivity index (χ1n) is 6.55. The van der Waals surface area contributed by atoms with Gasteiger partial charge in [0.15, 0.2) is 0 Å². The maximum Gasteiger partial charge on any atom is 0.326 e. The molecule has 0 aliphatic rings. The van der Waals surface area contributed by atoms with Gasteiger partial charge in [0.05, 0.1) is 0 Å². The van der Waals surface area contributed by atoms with Gasteiger partial charge in [-0.25, -0.2) is 9.59 Å². The highest BCUT2D eigenvalue weighted by molar-refractivity contribution is 6.35. The molecular weight excluding hydrogens is 332 g/mol. The van der Waals surface area contributed by atoms with Crippen molar-refractivity contribution in [3.63, 3.8) is 0 Å². The standard InChI is InChI=1S/C12H16N2O10/c15-7(16)3-1-5(11(21)22)13-9(19)10(20)14-6(12(23)24)2-4-8(17)18/h5-6H,1-4H2,(H,13,19)(H,14,20)(H,15,16)(H,17,18)(H,21,22)(H,23,24).